The Kier molecular flexibility index (Phi) is 4.26. The van der Waals surface area contributed by atoms with Crippen molar-refractivity contribution in [3.8, 4) is 11.5 Å². The van der Waals surface area contributed by atoms with E-state index in [1.807, 2.05) is 18.2 Å². The molecular formula is C14H15BrO2. The normalized spacial score (nSPS) is 14.4. The molecule has 0 unspecified atom stereocenters. The Bertz CT molecular complexity index is 450. The molecule has 0 aliphatic heterocycles. The van der Waals surface area contributed by atoms with Gasteiger partial charge in [-0.05, 0) is 46.5 Å². The van der Waals surface area contributed by atoms with Gasteiger partial charge >= 0.3 is 0 Å². The van der Waals surface area contributed by atoms with Crippen molar-refractivity contribution in [2.45, 2.75) is 12.8 Å². The van der Waals surface area contributed by atoms with Gasteiger partial charge in [0.25, 0.3) is 0 Å². The number of halogens is 1. The molecule has 1 aromatic rings. The van der Waals surface area contributed by atoms with Crippen LogP contribution in [0.4, 0.5) is 0 Å². The van der Waals surface area contributed by atoms with Crippen molar-refractivity contribution in [3.05, 3.63) is 46.5 Å². The fourth-order valence-corrected chi connectivity index (χ4v) is 2.02. The summed E-state index contributed by atoms with van der Waals surface area (Å²) in [7, 11) is 1.65. The van der Waals surface area contributed by atoms with Crippen molar-refractivity contribution in [2.75, 3.05) is 13.7 Å². The van der Waals surface area contributed by atoms with E-state index in [0.717, 1.165) is 28.8 Å². The third kappa shape index (κ3) is 3.37. The Labute approximate surface area is 110 Å². The largest absolute Gasteiger partial charge is 0.497 e. The fraction of sp³-hybridized carbons (Fsp3) is 0.286. The van der Waals surface area contributed by atoms with Crippen LogP contribution in [0, 0.1) is 0 Å². The van der Waals surface area contributed by atoms with Gasteiger partial charge in [-0.15, -0.1) is 0 Å². The molecule has 3 heteroatoms. The lowest BCUT2D eigenvalue weighted by molar-refractivity contribution is 0.347. The van der Waals surface area contributed by atoms with E-state index in [9.17, 15) is 0 Å². The second-order valence-corrected chi connectivity index (χ2v) is 4.70. The summed E-state index contributed by atoms with van der Waals surface area (Å²) in [4.78, 5) is 0. The first-order valence-corrected chi connectivity index (χ1v) is 6.41. The Morgan fingerprint density at radius 2 is 2.18 bits per heavy atom. The lowest BCUT2D eigenvalue weighted by atomic mass is 10.1. The van der Waals surface area contributed by atoms with E-state index in [2.05, 4.69) is 34.2 Å². The molecule has 0 atom stereocenters. The van der Waals surface area contributed by atoms with Crippen LogP contribution in [0.1, 0.15) is 12.8 Å². The first kappa shape index (κ1) is 12.2. The monoisotopic (exact) mass is 294 g/mol. The molecule has 2 nitrogen and oxygen atoms in total. The van der Waals surface area contributed by atoms with Gasteiger partial charge in [-0.2, -0.15) is 0 Å². The minimum absolute atomic E-state index is 0.599. The Balaban J connectivity index is 2.02. The van der Waals surface area contributed by atoms with Crippen LogP contribution in [0.2, 0.25) is 0 Å². The van der Waals surface area contributed by atoms with Crippen molar-refractivity contribution in [2.24, 2.45) is 0 Å². The first-order valence-electron chi connectivity index (χ1n) is 5.61. The maximum absolute atomic E-state index is 5.77. The highest BCUT2D eigenvalue weighted by Crippen LogP contribution is 2.29. The lowest BCUT2D eigenvalue weighted by Crippen LogP contribution is -2.02. The molecule has 0 N–H and O–H groups in total. The van der Waals surface area contributed by atoms with Crippen LogP contribution in [0.25, 0.3) is 0 Å². The van der Waals surface area contributed by atoms with Crippen molar-refractivity contribution < 1.29 is 9.47 Å². The van der Waals surface area contributed by atoms with E-state index < -0.39 is 0 Å². The molecule has 1 aliphatic carbocycles. The molecule has 17 heavy (non-hydrogen) atoms. The highest BCUT2D eigenvalue weighted by atomic mass is 79.9. The predicted molar refractivity (Wildman–Crippen MR) is 72.6 cm³/mol. The second-order valence-electron chi connectivity index (χ2n) is 3.84. The first-order chi connectivity index (χ1) is 8.29. The zero-order valence-corrected chi connectivity index (χ0v) is 11.4. The van der Waals surface area contributed by atoms with Crippen LogP contribution < -0.4 is 9.47 Å². The van der Waals surface area contributed by atoms with Crippen molar-refractivity contribution >= 4 is 15.9 Å². The second kappa shape index (κ2) is 5.92. The molecular weight excluding hydrogens is 280 g/mol. The van der Waals surface area contributed by atoms with Gasteiger partial charge in [-0.1, -0.05) is 18.2 Å². The van der Waals surface area contributed by atoms with Gasteiger partial charge in [0.1, 0.15) is 18.1 Å². The summed E-state index contributed by atoms with van der Waals surface area (Å²) in [5.74, 6) is 1.61. The van der Waals surface area contributed by atoms with Gasteiger partial charge in [-0.3, -0.25) is 0 Å². The maximum atomic E-state index is 5.77. The number of rotatable bonds is 4. The molecule has 0 aromatic heterocycles. The Morgan fingerprint density at radius 3 is 2.88 bits per heavy atom. The van der Waals surface area contributed by atoms with E-state index in [1.54, 1.807) is 7.11 Å². The van der Waals surface area contributed by atoms with E-state index in [1.165, 1.54) is 5.57 Å². The molecule has 1 aliphatic rings. The molecule has 0 saturated carbocycles. The molecule has 0 heterocycles. The van der Waals surface area contributed by atoms with Gasteiger partial charge in [0, 0.05) is 6.07 Å². The average Bonchev–Trinajstić information content (AvgIpc) is 2.39. The zero-order valence-electron chi connectivity index (χ0n) is 9.78. The number of benzene rings is 1. The fourth-order valence-electron chi connectivity index (χ4n) is 1.66. The number of methoxy groups -OCH3 is 1. The predicted octanol–water partition coefficient (Wildman–Crippen LogP) is 4.11. The van der Waals surface area contributed by atoms with Crippen molar-refractivity contribution in [1.29, 1.82) is 0 Å². The average molecular weight is 295 g/mol. The van der Waals surface area contributed by atoms with Crippen LogP contribution in [-0.4, -0.2) is 13.7 Å². The van der Waals surface area contributed by atoms with Crippen LogP contribution in [0.3, 0.4) is 0 Å². The molecule has 90 valence electrons. The van der Waals surface area contributed by atoms with Gasteiger partial charge in [0.2, 0.25) is 0 Å². The van der Waals surface area contributed by atoms with Crippen LogP contribution >= 0.6 is 15.9 Å². The quantitative estimate of drug-likeness (QED) is 0.832. The minimum Gasteiger partial charge on any atom is -0.497 e. The smallest absolute Gasteiger partial charge is 0.137 e. The number of hydrogen-bond donors (Lipinski definition) is 0. The van der Waals surface area contributed by atoms with E-state index in [-0.39, 0.29) is 0 Å². The summed E-state index contributed by atoms with van der Waals surface area (Å²) in [6.45, 7) is 0.599. The number of hydrogen-bond acceptors (Lipinski definition) is 2. The summed E-state index contributed by atoms with van der Waals surface area (Å²) in [6.07, 6.45) is 8.76. The minimum atomic E-state index is 0.599. The maximum Gasteiger partial charge on any atom is 0.137 e. The van der Waals surface area contributed by atoms with Crippen molar-refractivity contribution in [3.63, 3.8) is 0 Å². The highest BCUT2D eigenvalue weighted by molar-refractivity contribution is 9.10. The summed E-state index contributed by atoms with van der Waals surface area (Å²) in [5.41, 5.74) is 1.23. The molecule has 0 saturated heterocycles. The van der Waals surface area contributed by atoms with Gasteiger partial charge in [0.15, 0.2) is 0 Å². The van der Waals surface area contributed by atoms with E-state index >= 15 is 0 Å². The highest BCUT2D eigenvalue weighted by Gasteiger charge is 2.05. The summed E-state index contributed by atoms with van der Waals surface area (Å²) >= 11 is 3.47. The summed E-state index contributed by atoms with van der Waals surface area (Å²) in [5, 5.41) is 0. The van der Waals surface area contributed by atoms with E-state index in [4.69, 9.17) is 9.47 Å². The summed E-state index contributed by atoms with van der Waals surface area (Å²) in [6, 6.07) is 5.72. The molecule has 0 radical (unpaired) electrons. The zero-order chi connectivity index (χ0) is 12.1. The van der Waals surface area contributed by atoms with Crippen LogP contribution in [0.5, 0.6) is 11.5 Å². The molecule has 1 aromatic carbocycles. The van der Waals surface area contributed by atoms with Gasteiger partial charge in [0.05, 0.1) is 11.6 Å². The third-order valence-electron chi connectivity index (χ3n) is 2.60. The van der Waals surface area contributed by atoms with Crippen molar-refractivity contribution in [1.82, 2.24) is 0 Å². The summed E-state index contributed by atoms with van der Waals surface area (Å²) < 4.78 is 11.9. The number of allylic oxidation sites excluding steroid dienone is 2. The standard InChI is InChI=1S/C14H15BrO2/c1-16-12-7-8-13(15)14(9-12)17-10-11-5-3-2-4-6-11/h3,5-9H,2,4,10H2,1H3. The Hall–Kier alpha value is -1.22. The molecule has 0 spiro atoms. The van der Waals surface area contributed by atoms with E-state index in [0.29, 0.717) is 6.61 Å². The SMILES string of the molecule is COc1ccc(Br)c(OCC2=CCCC=C2)c1. The topological polar surface area (TPSA) is 18.5 Å². The molecule has 0 amide bonds. The van der Waals surface area contributed by atoms with Crippen LogP contribution in [0.15, 0.2) is 46.5 Å². The lowest BCUT2D eigenvalue weighted by Gasteiger charge is -2.11. The third-order valence-corrected chi connectivity index (χ3v) is 3.26. The molecule has 2 rings (SSSR count). The molecule has 0 bridgehead atoms. The Morgan fingerprint density at radius 1 is 1.29 bits per heavy atom. The number of ether oxygens (including phenoxy) is 2. The van der Waals surface area contributed by atoms with Crippen LogP contribution in [-0.2, 0) is 0 Å². The van der Waals surface area contributed by atoms with Gasteiger partial charge in [-0.25, -0.2) is 0 Å². The molecule has 0 fully saturated rings. The van der Waals surface area contributed by atoms with Gasteiger partial charge < -0.3 is 9.47 Å².